The summed E-state index contributed by atoms with van der Waals surface area (Å²) >= 11 is 1.32. The van der Waals surface area contributed by atoms with E-state index in [0.29, 0.717) is 23.7 Å². The van der Waals surface area contributed by atoms with Gasteiger partial charge in [0.2, 0.25) is 5.91 Å². The molecule has 1 N–H and O–H groups in total. The van der Waals surface area contributed by atoms with Crippen molar-refractivity contribution >= 4 is 39.8 Å². The lowest BCUT2D eigenvalue weighted by molar-refractivity contribution is -0.134. The zero-order chi connectivity index (χ0) is 21.0. The first-order valence-corrected chi connectivity index (χ1v) is 10.3. The van der Waals surface area contributed by atoms with Crippen molar-refractivity contribution in [1.29, 1.82) is 0 Å². The molecular formula is C21H25N3O4S. The van der Waals surface area contributed by atoms with Crippen molar-refractivity contribution in [3.63, 3.8) is 0 Å². The second-order valence-electron chi connectivity index (χ2n) is 6.95. The van der Waals surface area contributed by atoms with E-state index in [1.165, 1.54) is 18.3 Å². The Morgan fingerprint density at radius 3 is 2.34 bits per heavy atom. The molecule has 29 heavy (non-hydrogen) atoms. The van der Waals surface area contributed by atoms with Gasteiger partial charge in [0, 0.05) is 43.7 Å². The van der Waals surface area contributed by atoms with Crippen molar-refractivity contribution in [2.45, 2.75) is 20.8 Å². The molecule has 1 aromatic carbocycles. The highest BCUT2D eigenvalue weighted by Crippen LogP contribution is 2.33. The molecule has 0 aliphatic carbocycles. The van der Waals surface area contributed by atoms with Gasteiger partial charge in [0.1, 0.15) is 5.00 Å². The number of thiophene rings is 1. The second kappa shape index (κ2) is 9.09. The van der Waals surface area contributed by atoms with E-state index in [0.717, 1.165) is 29.2 Å². The fourth-order valence-electron chi connectivity index (χ4n) is 3.26. The van der Waals surface area contributed by atoms with Gasteiger partial charge in [-0.25, -0.2) is 4.79 Å². The van der Waals surface area contributed by atoms with Gasteiger partial charge in [-0.15, -0.1) is 11.3 Å². The van der Waals surface area contributed by atoms with Crippen LogP contribution >= 0.6 is 11.3 Å². The number of benzene rings is 1. The summed E-state index contributed by atoms with van der Waals surface area (Å²) in [6.45, 7) is 7.39. The van der Waals surface area contributed by atoms with E-state index in [-0.39, 0.29) is 18.4 Å². The van der Waals surface area contributed by atoms with E-state index < -0.39 is 5.97 Å². The number of rotatable bonds is 5. The normalized spacial score (nSPS) is 13.9. The number of hydrogen-bond donors (Lipinski definition) is 1. The molecule has 154 valence electrons. The minimum atomic E-state index is -0.591. The maximum Gasteiger partial charge on any atom is 0.341 e. The van der Waals surface area contributed by atoms with E-state index in [1.807, 2.05) is 25.1 Å². The Kier molecular flexibility index (Phi) is 6.53. The van der Waals surface area contributed by atoms with Crippen LogP contribution < -0.4 is 10.2 Å². The van der Waals surface area contributed by atoms with Crippen LogP contribution in [0.4, 0.5) is 10.7 Å². The predicted octanol–water partition coefficient (Wildman–Crippen LogP) is 2.83. The highest BCUT2D eigenvalue weighted by atomic mass is 32.1. The van der Waals surface area contributed by atoms with Crippen molar-refractivity contribution in [1.82, 2.24) is 4.90 Å². The van der Waals surface area contributed by atoms with Gasteiger partial charge in [0.05, 0.1) is 5.56 Å². The zero-order valence-electron chi connectivity index (χ0n) is 16.9. The summed E-state index contributed by atoms with van der Waals surface area (Å²) in [5, 5.41) is 3.12. The van der Waals surface area contributed by atoms with Crippen molar-refractivity contribution < 1.29 is 19.1 Å². The average Bonchev–Trinajstić information content (AvgIpc) is 2.99. The standard InChI is InChI=1S/C21H25N3O4S/c1-14-15(2)29-20(22-16(3)25)19(14)21(27)28-13-18(26)24-11-9-23(10-12-24)17-7-5-4-6-8-17/h4-8H,9-13H2,1-3H3,(H,22,25). The van der Waals surface area contributed by atoms with Gasteiger partial charge < -0.3 is 19.9 Å². The first-order chi connectivity index (χ1) is 13.9. The predicted molar refractivity (Wildman–Crippen MR) is 114 cm³/mol. The third-order valence-corrected chi connectivity index (χ3v) is 6.08. The Bertz CT molecular complexity index is 902. The Labute approximate surface area is 174 Å². The first-order valence-electron chi connectivity index (χ1n) is 9.49. The lowest BCUT2D eigenvalue weighted by Gasteiger charge is -2.36. The van der Waals surface area contributed by atoms with Gasteiger partial charge >= 0.3 is 5.97 Å². The number of esters is 1. The van der Waals surface area contributed by atoms with E-state index in [9.17, 15) is 14.4 Å². The Balaban J connectivity index is 1.55. The van der Waals surface area contributed by atoms with Crippen LogP contribution in [0.2, 0.25) is 0 Å². The van der Waals surface area contributed by atoms with Crippen LogP contribution in [0, 0.1) is 13.8 Å². The van der Waals surface area contributed by atoms with Crippen molar-refractivity contribution in [3.8, 4) is 0 Å². The fraction of sp³-hybridized carbons (Fsp3) is 0.381. The van der Waals surface area contributed by atoms with Crippen LogP contribution in [0.25, 0.3) is 0 Å². The topological polar surface area (TPSA) is 78.9 Å². The minimum Gasteiger partial charge on any atom is -0.452 e. The molecule has 0 spiro atoms. The Morgan fingerprint density at radius 2 is 1.72 bits per heavy atom. The SMILES string of the molecule is CC(=O)Nc1sc(C)c(C)c1C(=O)OCC(=O)N1CCN(c2ccccc2)CC1. The van der Waals surface area contributed by atoms with Gasteiger partial charge in [-0.1, -0.05) is 18.2 Å². The highest BCUT2D eigenvalue weighted by molar-refractivity contribution is 7.16. The van der Waals surface area contributed by atoms with Crippen molar-refractivity contribution in [3.05, 3.63) is 46.3 Å². The lowest BCUT2D eigenvalue weighted by atomic mass is 10.1. The van der Waals surface area contributed by atoms with E-state index in [4.69, 9.17) is 4.74 Å². The van der Waals surface area contributed by atoms with Crippen LogP contribution in [0.3, 0.4) is 0 Å². The molecule has 1 aliphatic heterocycles. The zero-order valence-corrected chi connectivity index (χ0v) is 17.7. The smallest absolute Gasteiger partial charge is 0.341 e. The van der Waals surface area contributed by atoms with Gasteiger partial charge in [-0.2, -0.15) is 0 Å². The number of nitrogens with zero attached hydrogens (tertiary/aromatic N) is 2. The number of carbonyl (C=O) groups is 3. The van der Waals surface area contributed by atoms with Crippen LogP contribution in [-0.4, -0.2) is 55.5 Å². The number of hydrogen-bond acceptors (Lipinski definition) is 6. The molecule has 7 nitrogen and oxygen atoms in total. The fourth-order valence-corrected chi connectivity index (χ4v) is 4.36. The molecule has 3 rings (SSSR count). The quantitative estimate of drug-likeness (QED) is 0.760. The molecule has 1 aromatic heterocycles. The monoisotopic (exact) mass is 415 g/mol. The third-order valence-electron chi connectivity index (χ3n) is 4.96. The summed E-state index contributed by atoms with van der Waals surface area (Å²) < 4.78 is 5.28. The Hall–Kier alpha value is -2.87. The molecule has 1 aliphatic rings. The van der Waals surface area contributed by atoms with Crippen molar-refractivity contribution in [2.24, 2.45) is 0 Å². The molecule has 0 bridgehead atoms. The number of nitrogens with one attached hydrogen (secondary N) is 1. The molecule has 0 radical (unpaired) electrons. The summed E-state index contributed by atoms with van der Waals surface area (Å²) in [5.41, 5.74) is 2.22. The third kappa shape index (κ3) is 4.95. The molecule has 8 heteroatoms. The second-order valence-corrected chi connectivity index (χ2v) is 8.17. The highest BCUT2D eigenvalue weighted by Gasteiger charge is 2.25. The molecule has 1 saturated heterocycles. The van der Waals surface area contributed by atoms with Crippen LogP contribution in [0.5, 0.6) is 0 Å². The molecule has 2 heterocycles. The number of ether oxygens (including phenoxy) is 1. The number of anilines is 2. The van der Waals surface area contributed by atoms with Gasteiger partial charge in [-0.05, 0) is 31.5 Å². The number of carbonyl (C=O) groups excluding carboxylic acids is 3. The van der Waals surface area contributed by atoms with Crippen LogP contribution in [-0.2, 0) is 14.3 Å². The molecule has 0 saturated carbocycles. The summed E-state index contributed by atoms with van der Waals surface area (Å²) in [7, 11) is 0. The average molecular weight is 416 g/mol. The van der Waals surface area contributed by atoms with E-state index >= 15 is 0 Å². The van der Waals surface area contributed by atoms with Crippen LogP contribution in [0.15, 0.2) is 30.3 Å². The summed E-state index contributed by atoms with van der Waals surface area (Å²) in [4.78, 5) is 41.3. The molecule has 2 aromatic rings. The maximum absolute atomic E-state index is 12.6. The van der Waals surface area contributed by atoms with Gasteiger partial charge in [0.15, 0.2) is 6.61 Å². The number of amides is 2. The largest absolute Gasteiger partial charge is 0.452 e. The van der Waals surface area contributed by atoms with Gasteiger partial charge in [0.25, 0.3) is 5.91 Å². The summed E-state index contributed by atoms with van der Waals surface area (Å²) in [6.07, 6.45) is 0. The van der Waals surface area contributed by atoms with Crippen molar-refractivity contribution in [2.75, 3.05) is 43.0 Å². The minimum absolute atomic E-state index is 0.211. The molecule has 2 amide bonds. The molecule has 0 atom stereocenters. The van der Waals surface area contributed by atoms with Gasteiger partial charge in [-0.3, -0.25) is 9.59 Å². The summed E-state index contributed by atoms with van der Waals surface area (Å²) in [6, 6.07) is 10.1. The number of para-hydroxylation sites is 1. The molecule has 0 unspecified atom stereocenters. The maximum atomic E-state index is 12.6. The Morgan fingerprint density at radius 1 is 1.07 bits per heavy atom. The number of aryl methyl sites for hydroxylation is 1. The molecular weight excluding hydrogens is 390 g/mol. The number of piperazine rings is 1. The lowest BCUT2D eigenvalue weighted by Crippen LogP contribution is -2.49. The van der Waals surface area contributed by atoms with E-state index in [2.05, 4.69) is 22.3 Å². The first kappa shape index (κ1) is 20.9. The van der Waals surface area contributed by atoms with Crippen LogP contribution in [0.1, 0.15) is 27.7 Å². The molecule has 1 fully saturated rings. The summed E-state index contributed by atoms with van der Waals surface area (Å²) in [5.74, 6) is -1.06. The van der Waals surface area contributed by atoms with E-state index in [1.54, 1.807) is 11.8 Å².